The van der Waals surface area contributed by atoms with Crippen LogP contribution in [0.2, 0.25) is 20.1 Å². The summed E-state index contributed by atoms with van der Waals surface area (Å²) in [6, 6.07) is 9.54. The van der Waals surface area contributed by atoms with E-state index < -0.39 is 6.04 Å². The van der Waals surface area contributed by atoms with Crippen LogP contribution in [0.5, 0.6) is 0 Å². The van der Waals surface area contributed by atoms with Gasteiger partial charge in [0.05, 0.1) is 16.5 Å². The number of benzene rings is 2. The van der Waals surface area contributed by atoms with E-state index in [1.807, 2.05) is 20.8 Å². The summed E-state index contributed by atoms with van der Waals surface area (Å²) in [7, 11) is 0. The minimum Gasteiger partial charge on any atom is -0.352 e. The highest BCUT2D eigenvalue weighted by Crippen LogP contribution is 2.28. The Bertz CT molecular complexity index is 916. The standard InChI is InChI=1S/C23H26Cl4N2O2/c1-4-14(3)28-23(31)21(5-2)29(13-16-17(24)7-6-8-18(16)25)22(30)12-15-9-10-19(26)20(27)11-15/h6-11,14,21H,4-5,12-13H2,1-3H3,(H,28,31)/t14-,21+/m1/s1. The molecule has 2 amide bonds. The molecule has 0 saturated carbocycles. The number of carbonyl (C=O) groups is 2. The van der Waals surface area contributed by atoms with Crippen LogP contribution >= 0.6 is 46.4 Å². The summed E-state index contributed by atoms with van der Waals surface area (Å²) in [5.74, 6) is -0.442. The highest BCUT2D eigenvalue weighted by atomic mass is 35.5. The zero-order valence-corrected chi connectivity index (χ0v) is 20.7. The van der Waals surface area contributed by atoms with Crippen molar-refractivity contribution >= 4 is 58.2 Å². The van der Waals surface area contributed by atoms with Crippen LogP contribution < -0.4 is 5.32 Å². The van der Waals surface area contributed by atoms with E-state index in [4.69, 9.17) is 46.4 Å². The van der Waals surface area contributed by atoms with E-state index in [2.05, 4.69) is 5.32 Å². The van der Waals surface area contributed by atoms with Gasteiger partial charge in [0.2, 0.25) is 11.8 Å². The Hall–Kier alpha value is -1.46. The molecule has 0 aromatic heterocycles. The lowest BCUT2D eigenvalue weighted by molar-refractivity contribution is -0.141. The Balaban J connectivity index is 2.38. The van der Waals surface area contributed by atoms with Crippen LogP contribution in [0, 0.1) is 0 Å². The number of amides is 2. The van der Waals surface area contributed by atoms with Crippen molar-refractivity contribution in [2.45, 2.75) is 58.7 Å². The maximum atomic E-state index is 13.4. The van der Waals surface area contributed by atoms with Crippen molar-refractivity contribution in [3.05, 3.63) is 67.6 Å². The third-order valence-electron chi connectivity index (χ3n) is 5.12. The summed E-state index contributed by atoms with van der Waals surface area (Å²) in [6.07, 6.45) is 1.29. The van der Waals surface area contributed by atoms with Crippen LogP contribution in [0.25, 0.3) is 0 Å². The Morgan fingerprint density at radius 1 is 0.935 bits per heavy atom. The molecule has 0 radical (unpaired) electrons. The summed E-state index contributed by atoms with van der Waals surface area (Å²) in [4.78, 5) is 27.9. The molecule has 0 aliphatic carbocycles. The second-order valence-electron chi connectivity index (χ2n) is 7.39. The maximum Gasteiger partial charge on any atom is 0.243 e. The van der Waals surface area contributed by atoms with E-state index in [1.165, 1.54) is 4.90 Å². The summed E-state index contributed by atoms with van der Waals surface area (Å²) >= 11 is 24.8. The Morgan fingerprint density at radius 2 is 1.58 bits per heavy atom. The van der Waals surface area contributed by atoms with E-state index in [0.717, 1.165) is 6.42 Å². The largest absolute Gasteiger partial charge is 0.352 e. The van der Waals surface area contributed by atoms with Gasteiger partial charge in [-0.2, -0.15) is 0 Å². The van der Waals surface area contributed by atoms with Gasteiger partial charge in [0.25, 0.3) is 0 Å². The SMILES string of the molecule is CC[C@@H](C)NC(=O)[C@H](CC)N(Cc1c(Cl)cccc1Cl)C(=O)Cc1ccc(Cl)c(Cl)c1. The zero-order valence-electron chi connectivity index (χ0n) is 17.7. The number of carbonyl (C=O) groups excluding carboxylic acids is 2. The van der Waals surface area contributed by atoms with Crippen LogP contribution in [-0.4, -0.2) is 28.8 Å². The molecule has 1 N–H and O–H groups in total. The minimum absolute atomic E-state index is 0.00234. The van der Waals surface area contributed by atoms with Crippen molar-refractivity contribution in [2.75, 3.05) is 0 Å². The first-order chi connectivity index (χ1) is 14.7. The van der Waals surface area contributed by atoms with Gasteiger partial charge >= 0.3 is 0 Å². The number of halogens is 4. The van der Waals surface area contributed by atoms with Crippen LogP contribution in [0.1, 0.15) is 44.7 Å². The quantitative estimate of drug-likeness (QED) is 0.421. The van der Waals surface area contributed by atoms with Crippen molar-refractivity contribution in [3.63, 3.8) is 0 Å². The lowest BCUT2D eigenvalue weighted by atomic mass is 10.1. The third-order valence-corrected chi connectivity index (χ3v) is 6.56. The molecule has 2 aromatic rings. The first-order valence-electron chi connectivity index (χ1n) is 10.1. The molecule has 8 heteroatoms. The lowest BCUT2D eigenvalue weighted by Gasteiger charge is -2.32. The van der Waals surface area contributed by atoms with Gasteiger partial charge in [-0.25, -0.2) is 0 Å². The van der Waals surface area contributed by atoms with Crippen LogP contribution in [-0.2, 0) is 22.6 Å². The molecule has 168 valence electrons. The fourth-order valence-electron chi connectivity index (χ4n) is 3.14. The summed E-state index contributed by atoms with van der Waals surface area (Å²) in [5, 5.41) is 4.64. The van der Waals surface area contributed by atoms with Crippen molar-refractivity contribution in [1.82, 2.24) is 10.2 Å². The van der Waals surface area contributed by atoms with E-state index in [0.29, 0.717) is 37.6 Å². The fraction of sp³-hybridized carbons (Fsp3) is 0.391. The van der Waals surface area contributed by atoms with E-state index in [-0.39, 0.29) is 30.8 Å². The highest BCUT2D eigenvalue weighted by Gasteiger charge is 2.30. The molecule has 0 heterocycles. The predicted molar refractivity (Wildman–Crippen MR) is 129 cm³/mol. The highest BCUT2D eigenvalue weighted by molar-refractivity contribution is 6.42. The predicted octanol–water partition coefficient (Wildman–Crippen LogP) is 6.56. The molecule has 0 bridgehead atoms. The number of hydrogen-bond acceptors (Lipinski definition) is 2. The summed E-state index contributed by atoms with van der Waals surface area (Å²) in [5.41, 5.74) is 1.30. The molecular formula is C23H26Cl4N2O2. The van der Waals surface area contributed by atoms with Gasteiger partial charge in [-0.15, -0.1) is 0 Å². The molecule has 2 rings (SSSR count). The normalized spacial score (nSPS) is 12.9. The molecule has 0 saturated heterocycles. The minimum atomic E-state index is -0.670. The molecule has 0 fully saturated rings. The van der Waals surface area contributed by atoms with Gasteiger partial charge in [0.1, 0.15) is 6.04 Å². The average Bonchev–Trinajstić information content (AvgIpc) is 2.72. The summed E-state index contributed by atoms with van der Waals surface area (Å²) < 4.78 is 0. The van der Waals surface area contributed by atoms with E-state index >= 15 is 0 Å². The molecule has 0 spiro atoms. The molecule has 31 heavy (non-hydrogen) atoms. The Labute approximate surface area is 203 Å². The smallest absolute Gasteiger partial charge is 0.243 e. The number of rotatable bonds is 9. The second-order valence-corrected chi connectivity index (χ2v) is 9.02. The first-order valence-corrected chi connectivity index (χ1v) is 11.7. The molecule has 0 aliphatic heterocycles. The molecule has 2 aromatic carbocycles. The summed E-state index contributed by atoms with van der Waals surface area (Å²) in [6.45, 7) is 5.90. The van der Waals surface area contributed by atoms with E-state index in [1.54, 1.807) is 36.4 Å². The van der Waals surface area contributed by atoms with Crippen molar-refractivity contribution < 1.29 is 9.59 Å². The van der Waals surface area contributed by atoms with Crippen molar-refractivity contribution in [2.24, 2.45) is 0 Å². The lowest BCUT2D eigenvalue weighted by Crippen LogP contribution is -2.51. The fourth-order valence-corrected chi connectivity index (χ4v) is 3.98. The maximum absolute atomic E-state index is 13.4. The van der Waals surface area contributed by atoms with Crippen molar-refractivity contribution in [1.29, 1.82) is 0 Å². The average molecular weight is 504 g/mol. The van der Waals surface area contributed by atoms with Gasteiger partial charge in [0.15, 0.2) is 0 Å². The number of nitrogens with zero attached hydrogens (tertiary/aromatic N) is 1. The molecular weight excluding hydrogens is 478 g/mol. The number of hydrogen-bond donors (Lipinski definition) is 1. The second kappa shape index (κ2) is 12.0. The molecule has 0 unspecified atom stereocenters. The van der Waals surface area contributed by atoms with E-state index in [9.17, 15) is 9.59 Å². The third kappa shape index (κ3) is 7.01. The topological polar surface area (TPSA) is 49.4 Å². The van der Waals surface area contributed by atoms with Gasteiger partial charge in [-0.05, 0) is 49.6 Å². The van der Waals surface area contributed by atoms with Gasteiger partial charge in [-0.1, -0.05) is 72.4 Å². The first kappa shape index (κ1) is 25.8. The zero-order chi connectivity index (χ0) is 23.1. The molecule has 2 atom stereocenters. The molecule has 0 aliphatic rings. The van der Waals surface area contributed by atoms with Gasteiger partial charge in [-0.3, -0.25) is 9.59 Å². The van der Waals surface area contributed by atoms with Gasteiger partial charge < -0.3 is 10.2 Å². The van der Waals surface area contributed by atoms with Gasteiger partial charge in [0, 0.05) is 28.2 Å². The van der Waals surface area contributed by atoms with Crippen LogP contribution in [0.15, 0.2) is 36.4 Å². The van der Waals surface area contributed by atoms with Crippen LogP contribution in [0.4, 0.5) is 0 Å². The molecule has 4 nitrogen and oxygen atoms in total. The number of nitrogens with one attached hydrogen (secondary N) is 1. The Kier molecular flexibility index (Phi) is 9.95. The monoisotopic (exact) mass is 502 g/mol. The van der Waals surface area contributed by atoms with Crippen molar-refractivity contribution in [3.8, 4) is 0 Å². The Morgan fingerprint density at radius 3 is 2.13 bits per heavy atom. The van der Waals surface area contributed by atoms with Crippen LogP contribution in [0.3, 0.4) is 0 Å².